The van der Waals surface area contributed by atoms with E-state index in [2.05, 4.69) is 15.6 Å². The number of amides is 3. The summed E-state index contributed by atoms with van der Waals surface area (Å²) in [4.78, 5) is 27.2. The van der Waals surface area contributed by atoms with Gasteiger partial charge in [0.1, 0.15) is 11.9 Å². The number of benzene rings is 2. The number of fused-ring (bicyclic) bond motifs is 1. The highest BCUT2D eigenvalue weighted by Gasteiger charge is 2.30. The summed E-state index contributed by atoms with van der Waals surface area (Å²) in [5.74, 6) is -0.763. The summed E-state index contributed by atoms with van der Waals surface area (Å²) in [6.45, 7) is 0. The minimum absolute atomic E-state index is 0.368. The fourth-order valence-corrected chi connectivity index (χ4v) is 3.53. The van der Waals surface area contributed by atoms with Gasteiger partial charge < -0.3 is 11.1 Å². The predicted molar refractivity (Wildman–Crippen MR) is 88.8 cm³/mol. The number of thiazole rings is 1. The van der Waals surface area contributed by atoms with Gasteiger partial charge in [-0.05, 0) is 23.3 Å². The summed E-state index contributed by atoms with van der Waals surface area (Å²) in [6, 6.07) is 8.54. The lowest BCUT2D eigenvalue weighted by atomic mass is 10.00. The fraction of sp³-hybridized carbons (Fsp3) is 0.0625. The number of nitrogens with two attached hydrogens (primary N) is 1. The maximum Gasteiger partial charge on any atom is 0.322 e. The first kappa shape index (κ1) is 14.6. The van der Waals surface area contributed by atoms with Gasteiger partial charge in [0.15, 0.2) is 5.13 Å². The van der Waals surface area contributed by atoms with Crippen molar-refractivity contribution in [1.82, 2.24) is 15.6 Å². The van der Waals surface area contributed by atoms with Gasteiger partial charge in [-0.2, -0.15) is 0 Å². The van der Waals surface area contributed by atoms with Crippen molar-refractivity contribution in [3.8, 4) is 11.1 Å². The third kappa shape index (κ3) is 2.37. The number of nitrogens with zero attached hydrogens (tertiary/aromatic N) is 1. The number of halogens is 1. The van der Waals surface area contributed by atoms with Crippen LogP contribution in [-0.4, -0.2) is 16.9 Å². The Labute approximate surface area is 139 Å². The second-order valence-electron chi connectivity index (χ2n) is 5.37. The van der Waals surface area contributed by atoms with Gasteiger partial charge in [0.25, 0.3) is 5.91 Å². The lowest BCUT2D eigenvalue weighted by molar-refractivity contribution is -0.120. The Kier molecular flexibility index (Phi) is 3.20. The Morgan fingerprint density at radius 1 is 1.17 bits per heavy atom. The van der Waals surface area contributed by atoms with Crippen molar-refractivity contribution >= 4 is 38.6 Å². The van der Waals surface area contributed by atoms with E-state index in [1.54, 1.807) is 24.3 Å². The van der Waals surface area contributed by atoms with Crippen LogP contribution >= 0.6 is 11.3 Å². The molecule has 3 aromatic rings. The maximum absolute atomic E-state index is 13.8. The minimum atomic E-state index is -0.714. The Morgan fingerprint density at radius 3 is 2.58 bits per heavy atom. The molecule has 1 fully saturated rings. The van der Waals surface area contributed by atoms with Crippen molar-refractivity contribution in [2.45, 2.75) is 6.04 Å². The first-order chi connectivity index (χ1) is 11.5. The van der Waals surface area contributed by atoms with Crippen molar-refractivity contribution in [2.24, 2.45) is 0 Å². The number of nitrogens with one attached hydrogen (secondary N) is 2. The van der Waals surface area contributed by atoms with Crippen molar-refractivity contribution in [1.29, 1.82) is 0 Å². The molecule has 0 bridgehead atoms. The van der Waals surface area contributed by atoms with Crippen LogP contribution in [0.4, 0.5) is 14.3 Å². The zero-order chi connectivity index (χ0) is 16.8. The molecule has 0 saturated carbocycles. The van der Waals surface area contributed by atoms with Crippen LogP contribution < -0.4 is 16.4 Å². The van der Waals surface area contributed by atoms with Gasteiger partial charge in [-0.3, -0.25) is 10.1 Å². The van der Waals surface area contributed by atoms with E-state index in [4.69, 9.17) is 5.73 Å². The monoisotopic (exact) mass is 342 g/mol. The summed E-state index contributed by atoms with van der Waals surface area (Å²) < 4.78 is 14.5. The summed E-state index contributed by atoms with van der Waals surface area (Å²) in [7, 11) is 0. The number of aromatic nitrogens is 1. The third-order valence-electron chi connectivity index (χ3n) is 3.81. The second-order valence-corrected chi connectivity index (χ2v) is 6.43. The van der Waals surface area contributed by atoms with Gasteiger partial charge in [0.05, 0.1) is 10.2 Å². The number of imide groups is 1. The van der Waals surface area contributed by atoms with Gasteiger partial charge in [0, 0.05) is 5.56 Å². The van der Waals surface area contributed by atoms with Crippen LogP contribution in [-0.2, 0) is 4.79 Å². The van der Waals surface area contributed by atoms with E-state index >= 15 is 0 Å². The Balaban J connectivity index is 1.76. The highest BCUT2D eigenvalue weighted by Crippen LogP contribution is 2.34. The molecule has 2 heterocycles. The topological polar surface area (TPSA) is 97.1 Å². The summed E-state index contributed by atoms with van der Waals surface area (Å²) in [5, 5.41) is 5.09. The molecule has 1 saturated heterocycles. The van der Waals surface area contributed by atoms with Crippen molar-refractivity contribution in [2.75, 3.05) is 5.73 Å². The van der Waals surface area contributed by atoms with E-state index in [-0.39, 0.29) is 5.82 Å². The highest BCUT2D eigenvalue weighted by molar-refractivity contribution is 7.22. The SMILES string of the molecule is Nc1nc2c(-c3ccc([C@@H]4NC(=O)NC4=O)cc3)cc(F)cc2s1. The van der Waals surface area contributed by atoms with Crippen LogP contribution in [0.15, 0.2) is 36.4 Å². The first-order valence-electron chi connectivity index (χ1n) is 7.08. The molecule has 1 aliphatic rings. The normalized spacial score (nSPS) is 17.1. The van der Waals surface area contributed by atoms with E-state index in [0.29, 0.717) is 26.5 Å². The summed E-state index contributed by atoms with van der Waals surface area (Å²) in [6.07, 6.45) is 0. The first-order valence-corrected chi connectivity index (χ1v) is 7.90. The van der Waals surface area contributed by atoms with Crippen molar-refractivity contribution < 1.29 is 14.0 Å². The Bertz CT molecular complexity index is 984. The number of carbonyl (C=O) groups is 2. The predicted octanol–water partition coefficient (Wildman–Crippen LogP) is 2.57. The standard InChI is InChI=1S/C16H11FN4O2S/c17-9-5-10(13-11(6-9)24-15(18)19-13)7-1-3-8(4-2-7)12-14(22)21-16(23)20-12/h1-6,12H,(H2,18,19)(H2,20,21,22,23)/t12-/m0/s1. The largest absolute Gasteiger partial charge is 0.375 e. The number of hydrogen-bond donors (Lipinski definition) is 3. The van der Waals surface area contributed by atoms with Gasteiger partial charge >= 0.3 is 6.03 Å². The number of nitrogen functional groups attached to an aromatic ring is 1. The number of carbonyl (C=O) groups excluding carboxylic acids is 2. The fourth-order valence-electron chi connectivity index (χ4n) is 2.74. The summed E-state index contributed by atoms with van der Waals surface area (Å²) >= 11 is 1.23. The molecule has 8 heteroatoms. The maximum atomic E-state index is 13.8. The molecule has 24 heavy (non-hydrogen) atoms. The highest BCUT2D eigenvalue weighted by atomic mass is 32.1. The third-order valence-corrected chi connectivity index (χ3v) is 4.64. The van der Waals surface area contributed by atoms with Crippen LogP contribution in [0.3, 0.4) is 0 Å². The molecule has 120 valence electrons. The second kappa shape index (κ2) is 5.27. The van der Waals surface area contributed by atoms with Crippen LogP contribution in [0.1, 0.15) is 11.6 Å². The quantitative estimate of drug-likeness (QED) is 0.624. The zero-order valence-electron chi connectivity index (χ0n) is 12.2. The average molecular weight is 342 g/mol. The van der Waals surface area contributed by atoms with Crippen LogP contribution in [0.5, 0.6) is 0 Å². The van der Waals surface area contributed by atoms with Crippen LogP contribution in [0.2, 0.25) is 0 Å². The van der Waals surface area contributed by atoms with Gasteiger partial charge in [-0.25, -0.2) is 14.2 Å². The molecule has 0 aliphatic carbocycles. The molecule has 1 aliphatic heterocycles. The lowest BCUT2D eigenvalue weighted by Gasteiger charge is -2.09. The number of hydrogen-bond acceptors (Lipinski definition) is 5. The van der Waals surface area contributed by atoms with Crippen molar-refractivity contribution in [3.63, 3.8) is 0 Å². The molecule has 1 aromatic heterocycles. The van der Waals surface area contributed by atoms with Crippen molar-refractivity contribution in [3.05, 3.63) is 47.8 Å². The molecule has 1 atom stereocenters. The van der Waals surface area contributed by atoms with Gasteiger partial charge in [-0.1, -0.05) is 35.6 Å². The number of rotatable bonds is 2. The molecule has 4 N–H and O–H groups in total. The average Bonchev–Trinajstić information content (AvgIpc) is 3.07. The molecule has 6 nitrogen and oxygen atoms in total. The van der Waals surface area contributed by atoms with E-state index in [0.717, 1.165) is 5.56 Å². The molecule has 4 rings (SSSR count). The molecule has 0 radical (unpaired) electrons. The lowest BCUT2D eigenvalue weighted by Crippen LogP contribution is -2.22. The van der Waals surface area contributed by atoms with Gasteiger partial charge in [-0.15, -0.1) is 0 Å². The van der Waals surface area contributed by atoms with E-state index in [1.807, 2.05) is 0 Å². The molecule has 0 spiro atoms. The van der Waals surface area contributed by atoms with E-state index in [9.17, 15) is 14.0 Å². The Hall–Kier alpha value is -3.00. The zero-order valence-corrected chi connectivity index (χ0v) is 13.0. The molecular formula is C16H11FN4O2S. The number of anilines is 1. The van der Waals surface area contributed by atoms with Crippen LogP contribution in [0, 0.1) is 5.82 Å². The number of urea groups is 1. The van der Waals surface area contributed by atoms with Crippen LogP contribution in [0.25, 0.3) is 21.3 Å². The van der Waals surface area contributed by atoms with Gasteiger partial charge in [0.2, 0.25) is 0 Å². The smallest absolute Gasteiger partial charge is 0.322 e. The molecule has 3 amide bonds. The summed E-state index contributed by atoms with van der Waals surface area (Å²) in [5.41, 5.74) is 8.38. The van der Waals surface area contributed by atoms with E-state index in [1.165, 1.54) is 23.5 Å². The van der Waals surface area contributed by atoms with E-state index < -0.39 is 18.0 Å². The molecule has 0 unspecified atom stereocenters. The molecular weight excluding hydrogens is 331 g/mol. The minimum Gasteiger partial charge on any atom is -0.375 e. The molecule has 2 aromatic carbocycles. The Morgan fingerprint density at radius 2 is 1.92 bits per heavy atom.